The summed E-state index contributed by atoms with van der Waals surface area (Å²) in [5.74, 6) is -2.55. The fourth-order valence-electron chi connectivity index (χ4n) is 3.66. The molecule has 1 aliphatic heterocycles. The Morgan fingerprint density at radius 1 is 1.03 bits per heavy atom. The molecule has 0 amide bonds. The van der Waals surface area contributed by atoms with E-state index in [9.17, 15) is 19.8 Å². The number of carboxylic acids is 1. The molecule has 0 fully saturated rings. The van der Waals surface area contributed by atoms with Gasteiger partial charge in [-0.05, 0) is 18.1 Å². The number of allylic oxidation sites excluding steroid dienone is 1. The van der Waals surface area contributed by atoms with E-state index in [-0.39, 0.29) is 17.6 Å². The molecular formula is C23H23NO5. The van der Waals surface area contributed by atoms with Gasteiger partial charge in [0.15, 0.2) is 0 Å². The van der Waals surface area contributed by atoms with Gasteiger partial charge in [-0.3, -0.25) is 0 Å². The number of dihydropyridines is 1. The SMILES string of the molecule is COC(=O)C1=C(CC(O)c2ccccc2)NC(C)=C(C(=O)O)C1c1ccccc1. The van der Waals surface area contributed by atoms with Crippen molar-refractivity contribution >= 4 is 11.9 Å². The molecule has 0 saturated heterocycles. The van der Waals surface area contributed by atoms with Crippen LogP contribution in [0.2, 0.25) is 0 Å². The van der Waals surface area contributed by atoms with Gasteiger partial charge in [-0.15, -0.1) is 0 Å². The monoisotopic (exact) mass is 393 g/mol. The minimum Gasteiger partial charge on any atom is -0.478 e. The van der Waals surface area contributed by atoms with Gasteiger partial charge < -0.3 is 20.3 Å². The number of aliphatic carboxylic acids is 1. The smallest absolute Gasteiger partial charge is 0.336 e. The second-order valence-corrected chi connectivity index (χ2v) is 6.83. The summed E-state index contributed by atoms with van der Waals surface area (Å²) in [6.45, 7) is 1.66. The second kappa shape index (κ2) is 8.75. The molecule has 2 aromatic carbocycles. The van der Waals surface area contributed by atoms with E-state index in [2.05, 4.69) is 5.32 Å². The molecule has 1 aliphatic rings. The molecule has 0 aromatic heterocycles. The van der Waals surface area contributed by atoms with Crippen LogP contribution >= 0.6 is 0 Å². The topological polar surface area (TPSA) is 95.9 Å². The molecule has 1 heterocycles. The number of esters is 1. The number of nitrogens with one attached hydrogen (secondary N) is 1. The maximum absolute atomic E-state index is 12.7. The van der Waals surface area contributed by atoms with Gasteiger partial charge in [0.05, 0.1) is 30.3 Å². The number of aliphatic hydroxyl groups is 1. The summed E-state index contributed by atoms with van der Waals surface area (Å²) in [5.41, 5.74) is 2.51. The summed E-state index contributed by atoms with van der Waals surface area (Å²) in [7, 11) is 1.26. The van der Waals surface area contributed by atoms with Gasteiger partial charge in [0.2, 0.25) is 0 Å². The number of methoxy groups -OCH3 is 1. The van der Waals surface area contributed by atoms with Crippen LogP contribution in [0.15, 0.2) is 83.2 Å². The van der Waals surface area contributed by atoms with Crippen molar-refractivity contribution in [2.75, 3.05) is 7.11 Å². The first-order valence-corrected chi connectivity index (χ1v) is 9.24. The predicted octanol–water partition coefficient (Wildman–Crippen LogP) is 3.28. The number of rotatable bonds is 6. The number of carboxylic acid groups (broad SMARTS) is 1. The second-order valence-electron chi connectivity index (χ2n) is 6.83. The maximum Gasteiger partial charge on any atom is 0.336 e. The summed E-state index contributed by atoms with van der Waals surface area (Å²) in [6.07, 6.45) is -0.754. The van der Waals surface area contributed by atoms with Crippen LogP contribution in [-0.4, -0.2) is 29.3 Å². The summed E-state index contributed by atoms with van der Waals surface area (Å²) < 4.78 is 4.99. The Morgan fingerprint density at radius 2 is 1.62 bits per heavy atom. The first-order chi connectivity index (χ1) is 13.9. The third-order valence-electron chi connectivity index (χ3n) is 5.00. The van der Waals surface area contributed by atoms with Crippen molar-refractivity contribution in [1.82, 2.24) is 5.32 Å². The lowest BCUT2D eigenvalue weighted by Gasteiger charge is -2.31. The van der Waals surface area contributed by atoms with Crippen molar-refractivity contribution in [2.45, 2.75) is 25.4 Å². The highest BCUT2D eigenvalue weighted by Crippen LogP contribution is 2.40. The number of hydrogen-bond acceptors (Lipinski definition) is 5. The number of ether oxygens (including phenoxy) is 1. The molecule has 3 N–H and O–H groups in total. The highest BCUT2D eigenvalue weighted by molar-refractivity contribution is 5.99. The highest BCUT2D eigenvalue weighted by atomic mass is 16.5. The Balaban J connectivity index is 2.13. The quantitative estimate of drug-likeness (QED) is 0.652. The number of hydrogen-bond donors (Lipinski definition) is 3. The number of carbonyl (C=O) groups is 2. The minimum atomic E-state index is -1.12. The van der Waals surface area contributed by atoms with E-state index in [1.165, 1.54) is 7.11 Å². The standard InChI is InChI=1S/C23H23NO5/c1-14-19(22(26)27)20(16-11-7-4-8-12-16)21(23(28)29-2)17(24-14)13-18(25)15-9-5-3-6-10-15/h3-12,18,20,24-25H,13H2,1-2H3,(H,26,27). The average Bonchev–Trinajstić information content (AvgIpc) is 2.73. The molecule has 2 unspecified atom stereocenters. The molecule has 2 atom stereocenters. The zero-order chi connectivity index (χ0) is 21.0. The van der Waals surface area contributed by atoms with E-state index in [1.807, 2.05) is 24.3 Å². The Labute approximate surface area is 169 Å². The van der Waals surface area contributed by atoms with Crippen LogP contribution in [-0.2, 0) is 14.3 Å². The van der Waals surface area contributed by atoms with E-state index in [1.54, 1.807) is 43.3 Å². The van der Waals surface area contributed by atoms with E-state index in [0.717, 1.165) is 0 Å². The van der Waals surface area contributed by atoms with Crippen LogP contribution in [0.4, 0.5) is 0 Å². The minimum absolute atomic E-state index is 0.0783. The molecule has 3 rings (SSSR count). The molecular weight excluding hydrogens is 370 g/mol. The lowest BCUT2D eigenvalue weighted by molar-refractivity contribution is -0.136. The van der Waals surface area contributed by atoms with Crippen LogP contribution in [0.25, 0.3) is 0 Å². The van der Waals surface area contributed by atoms with Gasteiger partial charge in [-0.2, -0.15) is 0 Å². The van der Waals surface area contributed by atoms with Crippen molar-refractivity contribution in [3.05, 3.63) is 94.3 Å². The zero-order valence-electron chi connectivity index (χ0n) is 16.3. The van der Waals surface area contributed by atoms with E-state index < -0.39 is 24.0 Å². The molecule has 0 aliphatic carbocycles. The molecule has 2 aromatic rings. The van der Waals surface area contributed by atoms with Crippen LogP contribution in [0, 0.1) is 0 Å². The Bertz CT molecular complexity index is 963. The number of carbonyl (C=O) groups excluding carboxylic acids is 1. The fraction of sp³-hybridized carbons (Fsp3) is 0.217. The normalized spacial score (nSPS) is 17.6. The molecule has 0 saturated carbocycles. The Morgan fingerprint density at radius 3 is 2.17 bits per heavy atom. The van der Waals surface area contributed by atoms with Gasteiger partial charge in [0.1, 0.15) is 0 Å². The first-order valence-electron chi connectivity index (χ1n) is 9.24. The summed E-state index contributed by atoms with van der Waals surface area (Å²) in [5, 5.41) is 23.6. The van der Waals surface area contributed by atoms with Crippen LogP contribution in [0.1, 0.15) is 36.5 Å². The average molecular weight is 393 g/mol. The Hall–Kier alpha value is -3.38. The van der Waals surface area contributed by atoms with Gasteiger partial charge in [-0.1, -0.05) is 60.7 Å². The molecule has 29 heavy (non-hydrogen) atoms. The highest BCUT2D eigenvalue weighted by Gasteiger charge is 2.38. The lowest BCUT2D eigenvalue weighted by atomic mass is 9.79. The molecule has 6 heteroatoms. The van der Waals surface area contributed by atoms with E-state index in [0.29, 0.717) is 22.5 Å². The fourth-order valence-corrected chi connectivity index (χ4v) is 3.66. The predicted molar refractivity (Wildman–Crippen MR) is 108 cm³/mol. The summed E-state index contributed by atoms with van der Waals surface area (Å²) in [4.78, 5) is 24.8. The van der Waals surface area contributed by atoms with Gasteiger partial charge >= 0.3 is 11.9 Å². The van der Waals surface area contributed by atoms with E-state index >= 15 is 0 Å². The van der Waals surface area contributed by atoms with Gasteiger partial charge in [0.25, 0.3) is 0 Å². The molecule has 0 bridgehead atoms. The number of benzene rings is 2. The molecule has 6 nitrogen and oxygen atoms in total. The van der Waals surface area contributed by atoms with Crippen LogP contribution in [0.5, 0.6) is 0 Å². The lowest BCUT2D eigenvalue weighted by Crippen LogP contribution is -2.33. The summed E-state index contributed by atoms with van der Waals surface area (Å²) >= 11 is 0. The van der Waals surface area contributed by atoms with Crippen molar-refractivity contribution in [3.63, 3.8) is 0 Å². The van der Waals surface area contributed by atoms with Gasteiger partial charge in [-0.25, -0.2) is 9.59 Å². The third-order valence-corrected chi connectivity index (χ3v) is 5.00. The third kappa shape index (κ3) is 4.22. The van der Waals surface area contributed by atoms with Crippen molar-refractivity contribution in [3.8, 4) is 0 Å². The molecule has 150 valence electrons. The number of aliphatic hydroxyl groups excluding tert-OH is 1. The Kier molecular flexibility index (Phi) is 6.14. The zero-order valence-corrected chi connectivity index (χ0v) is 16.3. The maximum atomic E-state index is 12.7. The summed E-state index contributed by atoms with van der Waals surface area (Å²) in [6, 6.07) is 18.1. The molecule has 0 spiro atoms. The van der Waals surface area contributed by atoms with Crippen LogP contribution in [0.3, 0.4) is 0 Å². The molecule has 0 radical (unpaired) electrons. The van der Waals surface area contributed by atoms with E-state index in [4.69, 9.17) is 4.74 Å². The van der Waals surface area contributed by atoms with Crippen molar-refractivity contribution in [1.29, 1.82) is 0 Å². The first kappa shape index (κ1) is 20.4. The van der Waals surface area contributed by atoms with Crippen LogP contribution < -0.4 is 5.32 Å². The van der Waals surface area contributed by atoms with Crippen molar-refractivity contribution < 1.29 is 24.5 Å². The van der Waals surface area contributed by atoms with Gasteiger partial charge in [0, 0.05) is 17.8 Å². The van der Waals surface area contributed by atoms with Crippen molar-refractivity contribution in [2.24, 2.45) is 0 Å². The largest absolute Gasteiger partial charge is 0.478 e.